The molecule has 2 heterocycles. The lowest BCUT2D eigenvalue weighted by molar-refractivity contribution is -0.231. The van der Waals surface area contributed by atoms with E-state index in [0.717, 1.165) is 16.5 Å². The fraction of sp³-hybridized carbons (Fsp3) is 0.364. The van der Waals surface area contributed by atoms with Crippen LogP contribution in [0.3, 0.4) is 0 Å². The Morgan fingerprint density at radius 1 is 0.964 bits per heavy atom. The van der Waals surface area contributed by atoms with Crippen LogP contribution >= 0.6 is 11.3 Å². The SMILES string of the molecule is Cc1ccc(Cc2csc3ccc([C@@H]4O[C@H](CO)[C@@H](O)[C@H](O)[C@H]4O)cc23)cc1. The molecule has 5 atom stereocenters. The third kappa shape index (κ3) is 3.59. The van der Waals surface area contributed by atoms with Gasteiger partial charge in [0.1, 0.15) is 30.5 Å². The van der Waals surface area contributed by atoms with Crippen LogP contribution in [0.25, 0.3) is 10.1 Å². The van der Waals surface area contributed by atoms with E-state index in [1.165, 1.54) is 16.7 Å². The molecule has 1 aliphatic heterocycles. The molecule has 4 rings (SSSR count). The summed E-state index contributed by atoms with van der Waals surface area (Å²) in [5.74, 6) is 0. The van der Waals surface area contributed by atoms with Crippen LogP contribution in [0.2, 0.25) is 0 Å². The number of fused-ring (bicyclic) bond motifs is 1. The van der Waals surface area contributed by atoms with Gasteiger partial charge in [-0.05, 0) is 52.9 Å². The number of benzene rings is 2. The average Bonchev–Trinajstić information content (AvgIpc) is 3.10. The Morgan fingerprint density at radius 2 is 1.71 bits per heavy atom. The van der Waals surface area contributed by atoms with Crippen molar-refractivity contribution in [3.63, 3.8) is 0 Å². The first-order chi connectivity index (χ1) is 13.5. The molecule has 28 heavy (non-hydrogen) atoms. The number of aliphatic hydroxyl groups is 4. The van der Waals surface area contributed by atoms with Crippen LogP contribution in [-0.4, -0.2) is 51.4 Å². The van der Waals surface area contributed by atoms with E-state index in [1.807, 2.05) is 18.2 Å². The van der Waals surface area contributed by atoms with Gasteiger partial charge in [0.2, 0.25) is 0 Å². The Morgan fingerprint density at radius 3 is 2.43 bits per heavy atom. The average molecular weight is 400 g/mol. The van der Waals surface area contributed by atoms with Crippen molar-refractivity contribution in [2.75, 3.05) is 6.61 Å². The maximum atomic E-state index is 10.4. The number of thiophene rings is 1. The summed E-state index contributed by atoms with van der Waals surface area (Å²) in [6.07, 6.45) is -4.91. The van der Waals surface area contributed by atoms with Gasteiger partial charge in [0.15, 0.2) is 0 Å². The molecular formula is C22H24O5S. The van der Waals surface area contributed by atoms with E-state index < -0.39 is 37.1 Å². The first-order valence-corrected chi connectivity index (χ1v) is 10.2. The lowest BCUT2D eigenvalue weighted by atomic mass is 9.90. The van der Waals surface area contributed by atoms with Gasteiger partial charge in [0.05, 0.1) is 6.61 Å². The summed E-state index contributed by atoms with van der Waals surface area (Å²) in [5, 5.41) is 43.1. The van der Waals surface area contributed by atoms with Crippen LogP contribution in [0.1, 0.15) is 28.4 Å². The van der Waals surface area contributed by atoms with Crippen LogP contribution in [0.4, 0.5) is 0 Å². The minimum absolute atomic E-state index is 0.430. The number of hydrogen-bond acceptors (Lipinski definition) is 6. The molecule has 2 aromatic carbocycles. The van der Waals surface area contributed by atoms with E-state index in [0.29, 0.717) is 5.56 Å². The fourth-order valence-electron chi connectivity index (χ4n) is 3.72. The van der Waals surface area contributed by atoms with Crippen LogP contribution in [-0.2, 0) is 11.2 Å². The molecule has 0 unspecified atom stereocenters. The number of aryl methyl sites for hydroxylation is 1. The zero-order valence-electron chi connectivity index (χ0n) is 15.5. The zero-order chi connectivity index (χ0) is 19.8. The molecule has 0 radical (unpaired) electrons. The highest BCUT2D eigenvalue weighted by Gasteiger charge is 2.43. The van der Waals surface area contributed by atoms with Gasteiger partial charge in [0, 0.05) is 4.70 Å². The second kappa shape index (κ2) is 7.91. The molecule has 0 bridgehead atoms. The van der Waals surface area contributed by atoms with Gasteiger partial charge in [-0.15, -0.1) is 11.3 Å². The molecular weight excluding hydrogens is 376 g/mol. The van der Waals surface area contributed by atoms with Crippen LogP contribution in [0, 0.1) is 6.92 Å². The Hall–Kier alpha value is -1.80. The summed E-state index contributed by atoms with van der Waals surface area (Å²) in [4.78, 5) is 0. The third-order valence-corrected chi connectivity index (χ3v) is 6.43. The van der Waals surface area contributed by atoms with Crippen LogP contribution < -0.4 is 0 Å². The van der Waals surface area contributed by atoms with Crippen molar-refractivity contribution in [2.24, 2.45) is 0 Å². The molecule has 0 spiro atoms. The summed E-state index contributed by atoms with van der Waals surface area (Å²) >= 11 is 1.67. The van der Waals surface area contributed by atoms with Gasteiger partial charge < -0.3 is 25.2 Å². The van der Waals surface area contributed by atoms with E-state index in [9.17, 15) is 20.4 Å². The van der Waals surface area contributed by atoms with Gasteiger partial charge in [-0.25, -0.2) is 0 Å². The summed E-state index contributed by atoms with van der Waals surface area (Å²) in [5.41, 5.74) is 4.36. The minimum Gasteiger partial charge on any atom is -0.394 e. The summed E-state index contributed by atoms with van der Waals surface area (Å²) in [6.45, 7) is 1.64. The fourth-order valence-corrected chi connectivity index (χ4v) is 4.66. The second-order valence-electron chi connectivity index (χ2n) is 7.43. The summed E-state index contributed by atoms with van der Waals surface area (Å²) < 4.78 is 6.84. The quantitative estimate of drug-likeness (QED) is 0.540. The summed E-state index contributed by atoms with van der Waals surface area (Å²) in [6, 6.07) is 14.3. The Kier molecular flexibility index (Phi) is 5.51. The molecule has 1 aromatic heterocycles. The van der Waals surface area contributed by atoms with Crippen molar-refractivity contribution in [1.29, 1.82) is 0 Å². The molecule has 1 fully saturated rings. The first-order valence-electron chi connectivity index (χ1n) is 9.34. The number of rotatable bonds is 4. The molecule has 0 amide bonds. The molecule has 4 N–H and O–H groups in total. The van der Waals surface area contributed by atoms with Crippen molar-refractivity contribution in [3.05, 3.63) is 70.1 Å². The predicted octanol–water partition coefficient (Wildman–Crippen LogP) is 2.32. The molecule has 5 nitrogen and oxygen atoms in total. The lowest BCUT2D eigenvalue weighted by Gasteiger charge is -2.40. The highest BCUT2D eigenvalue weighted by atomic mass is 32.1. The van der Waals surface area contributed by atoms with Crippen molar-refractivity contribution >= 4 is 21.4 Å². The molecule has 1 saturated heterocycles. The Balaban J connectivity index is 1.66. The van der Waals surface area contributed by atoms with Gasteiger partial charge in [-0.1, -0.05) is 35.9 Å². The van der Waals surface area contributed by atoms with E-state index >= 15 is 0 Å². The van der Waals surface area contributed by atoms with E-state index in [4.69, 9.17) is 4.74 Å². The number of aliphatic hydroxyl groups excluding tert-OH is 4. The van der Waals surface area contributed by atoms with Crippen molar-refractivity contribution in [2.45, 2.75) is 43.9 Å². The predicted molar refractivity (Wildman–Crippen MR) is 109 cm³/mol. The van der Waals surface area contributed by atoms with Crippen molar-refractivity contribution in [1.82, 2.24) is 0 Å². The smallest absolute Gasteiger partial charge is 0.113 e. The molecule has 0 aliphatic carbocycles. The van der Waals surface area contributed by atoms with Crippen molar-refractivity contribution in [3.8, 4) is 0 Å². The normalized spacial score (nSPS) is 28.0. The molecule has 1 aliphatic rings. The minimum atomic E-state index is -1.37. The molecule has 0 saturated carbocycles. The summed E-state index contributed by atoms with van der Waals surface area (Å²) in [7, 11) is 0. The largest absolute Gasteiger partial charge is 0.394 e. The van der Waals surface area contributed by atoms with Gasteiger partial charge in [-0.2, -0.15) is 0 Å². The van der Waals surface area contributed by atoms with Gasteiger partial charge in [-0.3, -0.25) is 0 Å². The standard InChI is InChI=1S/C22H24O5S/c1-12-2-4-13(5-3-12)8-15-11-28-18-7-6-14(9-16(15)18)22-21(26)20(25)19(24)17(10-23)27-22/h2-7,9,11,17,19-26H,8,10H2,1H3/t17-,19-,20+,21-,22+/m1/s1. The van der Waals surface area contributed by atoms with Crippen LogP contribution in [0.15, 0.2) is 47.8 Å². The maximum Gasteiger partial charge on any atom is 0.113 e. The first kappa shape index (κ1) is 19.5. The van der Waals surface area contributed by atoms with E-state index in [-0.39, 0.29) is 0 Å². The van der Waals surface area contributed by atoms with Gasteiger partial charge in [0.25, 0.3) is 0 Å². The zero-order valence-corrected chi connectivity index (χ0v) is 16.3. The van der Waals surface area contributed by atoms with Crippen LogP contribution in [0.5, 0.6) is 0 Å². The molecule has 6 heteroatoms. The van der Waals surface area contributed by atoms with Crippen molar-refractivity contribution < 1.29 is 25.2 Å². The van der Waals surface area contributed by atoms with E-state index in [1.54, 1.807) is 11.3 Å². The monoisotopic (exact) mass is 400 g/mol. The second-order valence-corrected chi connectivity index (χ2v) is 8.34. The number of hydrogen-bond donors (Lipinski definition) is 4. The Bertz CT molecular complexity index is 949. The Labute approximate surface area is 167 Å². The van der Waals surface area contributed by atoms with E-state index in [2.05, 4.69) is 36.6 Å². The third-order valence-electron chi connectivity index (χ3n) is 5.41. The topological polar surface area (TPSA) is 90.2 Å². The lowest BCUT2D eigenvalue weighted by Crippen LogP contribution is -2.55. The highest BCUT2D eigenvalue weighted by Crippen LogP contribution is 2.36. The van der Waals surface area contributed by atoms with Gasteiger partial charge >= 0.3 is 0 Å². The highest BCUT2D eigenvalue weighted by molar-refractivity contribution is 7.17. The maximum absolute atomic E-state index is 10.4. The molecule has 3 aromatic rings. The molecule has 148 valence electrons. The number of ether oxygens (including phenoxy) is 1.